The lowest BCUT2D eigenvalue weighted by atomic mass is 9.81. The number of furan rings is 1. The van der Waals surface area contributed by atoms with Crippen LogP contribution in [-0.2, 0) is 0 Å². The van der Waals surface area contributed by atoms with Crippen LogP contribution in [-0.4, -0.2) is 27.4 Å². The van der Waals surface area contributed by atoms with Crippen molar-refractivity contribution in [2.24, 2.45) is 0 Å². The highest BCUT2D eigenvalue weighted by Gasteiger charge is 2.13. The van der Waals surface area contributed by atoms with Crippen LogP contribution in [0.3, 0.4) is 0 Å². The van der Waals surface area contributed by atoms with Gasteiger partial charge in [0.1, 0.15) is 17.1 Å². The molecule has 6 aromatic carbocycles. The summed E-state index contributed by atoms with van der Waals surface area (Å²) in [7, 11) is -1.34. The predicted octanol–water partition coefficient (Wildman–Crippen LogP) is 12.9. The number of fused-ring (bicyclic) bond motifs is 3. The molecule has 0 fully saturated rings. The third kappa shape index (κ3) is 10.9. The smallest absolute Gasteiger partial charge is 0.488 e. The number of para-hydroxylation sites is 1. The summed E-state index contributed by atoms with van der Waals surface area (Å²) in [6.45, 7) is 0. The van der Waals surface area contributed by atoms with Gasteiger partial charge in [-0.05, 0) is 124 Å². The Balaban J connectivity index is 0.000000184. The molecule has 0 unspecified atom stereocenters. The van der Waals surface area contributed by atoms with E-state index in [0.717, 1.165) is 37.0 Å². The lowest BCUT2D eigenvalue weighted by Gasteiger charge is -2.08. The van der Waals surface area contributed by atoms with Crippen molar-refractivity contribution in [3.05, 3.63) is 153 Å². The van der Waals surface area contributed by atoms with Crippen LogP contribution in [0.1, 0.15) is 7.43 Å². The Morgan fingerprint density at radius 1 is 0.580 bits per heavy atom. The highest BCUT2D eigenvalue weighted by molar-refractivity contribution is 14.1. The van der Waals surface area contributed by atoms with E-state index in [2.05, 4.69) is 47.8 Å². The Labute approximate surface area is 344 Å². The van der Waals surface area contributed by atoms with Crippen molar-refractivity contribution < 1.29 is 24.7 Å². The fraction of sp³-hybridized carbons (Fsp3) is 0.0270. The number of phenols is 2. The van der Waals surface area contributed by atoms with Gasteiger partial charge in [0, 0.05) is 16.3 Å². The zero-order chi connectivity index (χ0) is 35.7. The molecular formula is C37H28BBr3Cl3IO5. The first-order valence-electron chi connectivity index (χ1n) is 14.1. The first kappa shape index (κ1) is 42.2. The molecule has 13 heteroatoms. The summed E-state index contributed by atoms with van der Waals surface area (Å²) in [6.07, 6.45) is 0. The molecule has 0 bridgehead atoms. The highest BCUT2D eigenvalue weighted by atomic mass is 127. The number of rotatable bonds is 2. The topological polar surface area (TPSA) is 94.1 Å². The second kappa shape index (κ2) is 20.1. The summed E-state index contributed by atoms with van der Waals surface area (Å²) in [4.78, 5) is 0. The first-order valence-corrected chi connectivity index (χ1v) is 18.7. The number of halogens is 7. The van der Waals surface area contributed by atoms with E-state index in [0.29, 0.717) is 33.6 Å². The van der Waals surface area contributed by atoms with Gasteiger partial charge in [-0.1, -0.05) is 121 Å². The van der Waals surface area contributed by atoms with Crippen LogP contribution in [0.5, 0.6) is 11.5 Å². The first-order chi connectivity index (χ1) is 23.4. The molecule has 0 amide bonds. The molecule has 0 saturated heterocycles. The lowest BCUT2D eigenvalue weighted by molar-refractivity contribution is 0.425. The number of aromatic hydroxyl groups is 2. The van der Waals surface area contributed by atoms with Gasteiger partial charge < -0.3 is 24.7 Å². The van der Waals surface area contributed by atoms with Gasteiger partial charge >= 0.3 is 7.12 Å². The van der Waals surface area contributed by atoms with Gasteiger partial charge in [0.05, 0.1) is 32.1 Å². The molecule has 50 heavy (non-hydrogen) atoms. The van der Waals surface area contributed by atoms with Crippen LogP contribution in [0.4, 0.5) is 0 Å². The second-order valence-corrected chi connectivity index (χ2v) is 14.8. The SMILES string of the molecule is C.Clc1ccc(Br)c2oc3ccccc3c12.OB(O)c1ccccc1.Oc1c(Br)ccc(Cl)c1-c1ccccc1.Oc1c(Br)ccc(Cl)c1I. The van der Waals surface area contributed by atoms with Crippen molar-refractivity contribution >= 4 is 140 Å². The monoisotopic (exact) mass is 1030 g/mol. The fourth-order valence-corrected chi connectivity index (χ4v) is 6.90. The van der Waals surface area contributed by atoms with Crippen molar-refractivity contribution in [3.63, 3.8) is 0 Å². The van der Waals surface area contributed by atoms with E-state index < -0.39 is 7.12 Å². The van der Waals surface area contributed by atoms with Gasteiger partial charge in [-0.25, -0.2) is 0 Å². The molecule has 258 valence electrons. The molecule has 0 radical (unpaired) electrons. The Hall–Kier alpha value is -2.26. The Bertz CT molecular complexity index is 2150. The quantitative estimate of drug-likeness (QED) is 0.0786. The van der Waals surface area contributed by atoms with Crippen molar-refractivity contribution in [1.82, 2.24) is 0 Å². The molecule has 5 nitrogen and oxygen atoms in total. The van der Waals surface area contributed by atoms with Crippen LogP contribution < -0.4 is 5.46 Å². The summed E-state index contributed by atoms with van der Waals surface area (Å²) in [5, 5.41) is 40.2. The van der Waals surface area contributed by atoms with Crippen molar-refractivity contribution in [2.45, 2.75) is 7.43 Å². The summed E-state index contributed by atoms with van der Waals surface area (Å²) < 4.78 is 8.65. The zero-order valence-corrected chi connectivity index (χ0v) is 34.2. The van der Waals surface area contributed by atoms with Crippen molar-refractivity contribution in [3.8, 4) is 22.6 Å². The summed E-state index contributed by atoms with van der Waals surface area (Å²) in [5.74, 6) is 0.377. The van der Waals surface area contributed by atoms with Gasteiger partial charge in [0.2, 0.25) is 0 Å². The molecule has 0 spiro atoms. The van der Waals surface area contributed by atoms with Crippen LogP contribution in [0.15, 0.2) is 139 Å². The molecular weight excluding hydrogens is 1010 g/mol. The van der Waals surface area contributed by atoms with E-state index in [1.54, 1.807) is 48.5 Å². The van der Waals surface area contributed by atoms with Crippen LogP contribution in [0.2, 0.25) is 15.1 Å². The third-order valence-electron chi connectivity index (χ3n) is 6.69. The minimum absolute atomic E-state index is 0. The molecule has 0 atom stereocenters. The number of hydrogen-bond donors (Lipinski definition) is 4. The minimum Gasteiger partial charge on any atom is -0.506 e. The number of benzene rings is 6. The normalized spacial score (nSPS) is 10.1. The summed E-state index contributed by atoms with van der Waals surface area (Å²) in [5.41, 5.74) is 3.76. The Morgan fingerprint density at radius 3 is 1.66 bits per heavy atom. The van der Waals surface area contributed by atoms with Crippen LogP contribution in [0, 0.1) is 3.57 Å². The van der Waals surface area contributed by atoms with Gasteiger partial charge in [-0.3, -0.25) is 0 Å². The molecule has 1 aromatic heterocycles. The van der Waals surface area contributed by atoms with E-state index in [4.69, 9.17) is 49.3 Å². The third-order valence-corrected chi connectivity index (χ3v) is 10.9. The fourth-order valence-electron chi connectivity index (χ4n) is 4.32. The molecule has 7 rings (SSSR count). The molecule has 7 aromatic rings. The zero-order valence-electron chi connectivity index (χ0n) is 25.0. The van der Waals surface area contributed by atoms with Gasteiger partial charge in [-0.2, -0.15) is 0 Å². The average molecular weight is 1040 g/mol. The largest absolute Gasteiger partial charge is 0.506 e. The summed E-state index contributed by atoms with van der Waals surface area (Å²) >= 11 is 29.8. The molecule has 1 heterocycles. The molecule has 0 aliphatic carbocycles. The molecule has 0 aliphatic heterocycles. The highest BCUT2D eigenvalue weighted by Crippen LogP contribution is 2.41. The molecule has 4 N–H and O–H groups in total. The lowest BCUT2D eigenvalue weighted by Crippen LogP contribution is -2.29. The van der Waals surface area contributed by atoms with E-state index in [1.807, 2.05) is 95.4 Å². The Morgan fingerprint density at radius 2 is 1.08 bits per heavy atom. The predicted molar refractivity (Wildman–Crippen MR) is 229 cm³/mol. The minimum atomic E-state index is -1.34. The van der Waals surface area contributed by atoms with Crippen LogP contribution >= 0.6 is 105 Å². The van der Waals surface area contributed by atoms with E-state index in [1.165, 1.54) is 0 Å². The van der Waals surface area contributed by atoms with E-state index in [-0.39, 0.29) is 18.9 Å². The molecule has 0 saturated carbocycles. The average Bonchev–Trinajstić information content (AvgIpc) is 3.52. The second-order valence-electron chi connectivity index (χ2n) is 9.93. The summed E-state index contributed by atoms with van der Waals surface area (Å²) in [6, 6.07) is 36.8. The maximum atomic E-state index is 9.90. The van der Waals surface area contributed by atoms with Gasteiger partial charge in [-0.15, -0.1) is 0 Å². The standard InChI is InChI=1S/C12H6BrClO.C12H8BrClO.C6H7BO2.C6H3BrClIO.CH4/c13-8-5-6-9(14)11-7-3-1-2-4-10(7)15-12(8)11;13-9-6-7-10(14)11(12(9)15)8-4-2-1-3-5-8;8-7(9)6-4-2-1-3-5-6;7-3-1-2-4(8)5(9)6(3)10;/h1-6H;1-7,15H;1-5,8-9H;1-2,10H;1H4. The molecule has 0 aliphatic rings. The van der Waals surface area contributed by atoms with Crippen LogP contribution in [0.25, 0.3) is 33.1 Å². The van der Waals surface area contributed by atoms with Crippen molar-refractivity contribution in [1.29, 1.82) is 0 Å². The van der Waals surface area contributed by atoms with Gasteiger partial charge in [0.25, 0.3) is 0 Å². The maximum Gasteiger partial charge on any atom is 0.488 e. The maximum absolute atomic E-state index is 9.90. The number of phenolic OH excluding ortho intramolecular Hbond substituents is 2. The van der Waals surface area contributed by atoms with E-state index >= 15 is 0 Å². The Kier molecular flexibility index (Phi) is 17.0. The number of hydrogen-bond acceptors (Lipinski definition) is 5. The van der Waals surface area contributed by atoms with E-state index in [9.17, 15) is 10.2 Å². The van der Waals surface area contributed by atoms with Gasteiger partial charge in [0.15, 0.2) is 5.58 Å². The van der Waals surface area contributed by atoms with Crippen molar-refractivity contribution in [2.75, 3.05) is 0 Å².